The molecule has 0 atom stereocenters. The van der Waals surface area contributed by atoms with E-state index in [1.54, 1.807) is 18.2 Å². The summed E-state index contributed by atoms with van der Waals surface area (Å²) < 4.78 is 0. The van der Waals surface area contributed by atoms with E-state index in [1.807, 2.05) is 70.2 Å². The van der Waals surface area contributed by atoms with Gasteiger partial charge in [0.25, 0.3) is 0 Å². The molecule has 0 radical (unpaired) electrons. The minimum atomic E-state index is -1.70. The molecule has 0 bridgehead atoms. The van der Waals surface area contributed by atoms with Crippen LogP contribution in [0.4, 0.5) is 0 Å². The van der Waals surface area contributed by atoms with E-state index < -0.39 is 40.5 Å². The molecule has 0 aliphatic heterocycles. The number of carboxylic acid groups (broad SMARTS) is 3. The minimum absolute atomic E-state index is 0.0252. The van der Waals surface area contributed by atoms with Crippen molar-refractivity contribution in [3.63, 3.8) is 0 Å². The third kappa shape index (κ3) is 3.91. The van der Waals surface area contributed by atoms with Crippen molar-refractivity contribution in [1.29, 1.82) is 0 Å². The Morgan fingerprint density at radius 3 is 1.70 bits per heavy atom. The molecule has 6 aromatic carbocycles. The fourth-order valence-electron chi connectivity index (χ4n) is 7.02. The van der Waals surface area contributed by atoms with Gasteiger partial charge in [-0.05, 0) is 67.1 Å². The number of amides is 1. The second-order valence-corrected chi connectivity index (χ2v) is 11.7. The van der Waals surface area contributed by atoms with Gasteiger partial charge in [-0.25, -0.2) is 14.4 Å². The van der Waals surface area contributed by atoms with Crippen molar-refractivity contribution in [1.82, 2.24) is 0 Å². The molecular formula is C36H29NO7. The molecule has 8 heteroatoms. The van der Waals surface area contributed by atoms with Gasteiger partial charge in [-0.15, -0.1) is 0 Å². The van der Waals surface area contributed by atoms with Crippen molar-refractivity contribution in [2.75, 3.05) is 0 Å². The molecular weight excluding hydrogens is 558 g/mol. The summed E-state index contributed by atoms with van der Waals surface area (Å²) in [5.41, 5.74) is 6.17. The first kappa shape index (κ1) is 28.6. The SMILES string of the molecule is CC(C)c1cccc(-c2cc3c4cccc5cccc(c6c(C(N)=O)c(C(=O)O)c(C(=O)O)c(c2C(=O)O)c36)c54)c1C(C)C. The van der Waals surface area contributed by atoms with Crippen LogP contribution in [0.1, 0.15) is 92.1 Å². The van der Waals surface area contributed by atoms with Gasteiger partial charge in [-0.3, -0.25) is 4.79 Å². The van der Waals surface area contributed by atoms with Crippen molar-refractivity contribution in [2.24, 2.45) is 5.73 Å². The predicted octanol–water partition coefficient (Wildman–Crippen LogP) is 7.84. The predicted molar refractivity (Wildman–Crippen MR) is 171 cm³/mol. The largest absolute Gasteiger partial charge is 0.478 e. The molecule has 0 spiro atoms. The number of benzene rings is 6. The molecule has 0 aromatic heterocycles. The van der Waals surface area contributed by atoms with E-state index in [0.29, 0.717) is 21.7 Å². The van der Waals surface area contributed by atoms with Gasteiger partial charge in [0.1, 0.15) is 0 Å². The van der Waals surface area contributed by atoms with Crippen molar-refractivity contribution >= 4 is 66.9 Å². The van der Waals surface area contributed by atoms with Crippen LogP contribution in [0.3, 0.4) is 0 Å². The lowest BCUT2D eigenvalue weighted by Gasteiger charge is -2.25. The number of aromatic carboxylic acids is 3. The number of fused-ring (bicyclic) bond motifs is 2. The van der Waals surface area contributed by atoms with Crippen LogP contribution in [0.25, 0.3) is 54.2 Å². The van der Waals surface area contributed by atoms with Gasteiger partial charge in [0.2, 0.25) is 5.91 Å². The van der Waals surface area contributed by atoms with Crippen LogP contribution in [0.2, 0.25) is 0 Å². The molecule has 5 N–H and O–H groups in total. The quantitative estimate of drug-likeness (QED) is 0.109. The molecule has 0 fully saturated rings. The average molecular weight is 588 g/mol. The standard InChI is InChI=1S/C36H29NO7/c1-15(2)18-10-7-12-19(24(18)16(3)4)23-14-22-20-11-5-8-17-9-6-13-21(25(17)20)26-27(22)29(28(23)34(39)40)31(35(41)42)32(36(43)44)30(26)33(37)38/h5-16H,1-4H3,(H2,37,38)(H,39,40)(H,41,42)(H,43,44). The molecule has 0 saturated carbocycles. The number of nitrogens with two attached hydrogens (primary N) is 1. The lowest BCUT2D eigenvalue weighted by atomic mass is 9.77. The summed E-state index contributed by atoms with van der Waals surface area (Å²) in [4.78, 5) is 52.2. The Morgan fingerprint density at radius 1 is 0.568 bits per heavy atom. The second-order valence-electron chi connectivity index (χ2n) is 11.7. The zero-order valence-electron chi connectivity index (χ0n) is 24.5. The fourth-order valence-corrected chi connectivity index (χ4v) is 7.02. The van der Waals surface area contributed by atoms with Crippen molar-refractivity contribution in [3.05, 3.63) is 94.0 Å². The summed E-state index contributed by atoms with van der Waals surface area (Å²) in [5, 5.41) is 35.0. The Balaban J connectivity index is 2.07. The van der Waals surface area contributed by atoms with Gasteiger partial charge in [-0.2, -0.15) is 0 Å². The van der Waals surface area contributed by atoms with Crippen molar-refractivity contribution < 1.29 is 34.5 Å². The molecule has 0 aliphatic rings. The summed E-state index contributed by atoms with van der Waals surface area (Å²) in [6.45, 7) is 8.11. The highest BCUT2D eigenvalue weighted by Gasteiger charge is 2.35. The third-order valence-electron chi connectivity index (χ3n) is 8.56. The van der Waals surface area contributed by atoms with Crippen LogP contribution in [-0.2, 0) is 0 Å². The van der Waals surface area contributed by atoms with Gasteiger partial charge in [0.05, 0.1) is 22.3 Å². The summed E-state index contributed by atoms with van der Waals surface area (Å²) in [5.74, 6) is -5.85. The Bertz CT molecular complexity index is 2240. The van der Waals surface area contributed by atoms with Crippen LogP contribution < -0.4 is 5.73 Å². The number of carbonyl (C=O) groups is 4. The molecule has 0 unspecified atom stereocenters. The zero-order chi connectivity index (χ0) is 31.8. The highest BCUT2D eigenvalue weighted by molar-refractivity contribution is 6.41. The van der Waals surface area contributed by atoms with Crippen LogP contribution >= 0.6 is 0 Å². The number of hydrogen-bond acceptors (Lipinski definition) is 4. The normalized spacial score (nSPS) is 11.9. The molecule has 220 valence electrons. The fraction of sp³-hybridized carbons (Fsp3) is 0.167. The van der Waals surface area contributed by atoms with Gasteiger partial charge < -0.3 is 21.1 Å². The maximum atomic E-state index is 13.3. The number of rotatable bonds is 7. The van der Waals surface area contributed by atoms with Crippen LogP contribution in [0.15, 0.2) is 60.7 Å². The van der Waals surface area contributed by atoms with Gasteiger partial charge >= 0.3 is 17.9 Å². The Kier molecular flexibility index (Phi) is 6.54. The molecule has 8 nitrogen and oxygen atoms in total. The van der Waals surface area contributed by atoms with E-state index >= 15 is 0 Å². The average Bonchev–Trinajstić information content (AvgIpc) is 2.97. The summed E-state index contributed by atoms with van der Waals surface area (Å²) >= 11 is 0. The minimum Gasteiger partial charge on any atom is -0.478 e. The van der Waals surface area contributed by atoms with Gasteiger partial charge in [0, 0.05) is 16.2 Å². The van der Waals surface area contributed by atoms with Crippen LogP contribution in [0, 0.1) is 0 Å². The molecule has 6 rings (SSSR count). The number of primary amides is 1. The lowest BCUT2D eigenvalue weighted by Crippen LogP contribution is -2.22. The van der Waals surface area contributed by atoms with Crippen molar-refractivity contribution in [2.45, 2.75) is 39.5 Å². The summed E-state index contributed by atoms with van der Waals surface area (Å²) in [7, 11) is 0. The van der Waals surface area contributed by atoms with E-state index in [1.165, 1.54) is 0 Å². The van der Waals surface area contributed by atoms with Crippen LogP contribution in [-0.4, -0.2) is 39.1 Å². The first-order chi connectivity index (χ1) is 20.9. The second kappa shape index (κ2) is 10.1. The first-order valence-electron chi connectivity index (χ1n) is 14.2. The van der Waals surface area contributed by atoms with Gasteiger partial charge in [-0.1, -0.05) is 82.3 Å². The maximum Gasteiger partial charge on any atom is 0.337 e. The number of hydrogen-bond donors (Lipinski definition) is 4. The molecule has 0 heterocycles. The Morgan fingerprint density at radius 2 is 1.16 bits per heavy atom. The lowest BCUT2D eigenvalue weighted by molar-refractivity contribution is 0.0650. The Hall–Kier alpha value is -5.50. The van der Waals surface area contributed by atoms with E-state index in [2.05, 4.69) is 0 Å². The van der Waals surface area contributed by atoms with E-state index in [9.17, 15) is 34.5 Å². The molecule has 6 aromatic rings. The summed E-state index contributed by atoms with van der Waals surface area (Å²) in [6, 6.07) is 18.3. The Labute approximate surface area is 251 Å². The molecule has 0 aliphatic carbocycles. The highest BCUT2D eigenvalue weighted by Crippen LogP contribution is 2.49. The monoisotopic (exact) mass is 587 g/mol. The van der Waals surface area contributed by atoms with Crippen LogP contribution in [0.5, 0.6) is 0 Å². The molecule has 0 saturated heterocycles. The number of carbonyl (C=O) groups excluding carboxylic acids is 1. The highest BCUT2D eigenvalue weighted by atomic mass is 16.4. The number of carboxylic acids is 3. The van der Waals surface area contributed by atoms with Gasteiger partial charge in [0.15, 0.2) is 0 Å². The van der Waals surface area contributed by atoms with E-state index in [4.69, 9.17) is 5.73 Å². The van der Waals surface area contributed by atoms with E-state index in [-0.39, 0.29) is 39.1 Å². The smallest absolute Gasteiger partial charge is 0.337 e. The zero-order valence-corrected chi connectivity index (χ0v) is 24.5. The van der Waals surface area contributed by atoms with E-state index in [0.717, 1.165) is 21.9 Å². The molecule has 44 heavy (non-hydrogen) atoms. The first-order valence-corrected chi connectivity index (χ1v) is 14.2. The summed E-state index contributed by atoms with van der Waals surface area (Å²) in [6.07, 6.45) is 0. The molecule has 1 amide bonds. The van der Waals surface area contributed by atoms with Crippen molar-refractivity contribution in [3.8, 4) is 11.1 Å². The third-order valence-corrected chi connectivity index (χ3v) is 8.56. The topological polar surface area (TPSA) is 155 Å². The maximum absolute atomic E-state index is 13.3.